The minimum Gasteiger partial charge on any atom is -0.324 e. The highest BCUT2D eigenvalue weighted by Gasteiger charge is 2.33. The Kier molecular flexibility index (Phi) is 7.00. The largest absolute Gasteiger partial charge is 0.324 e. The Hall–Kier alpha value is -2.07. The van der Waals surface area contributed by atoms with Crippen LogP contribution in [-0.2, 0) is 21.4 Å². The Morgan fingerprint density at radius 2 is 1.90 bits per heavy atom. The summed E-state index contributed by atoms with van der Waals surface area (Å²) in [5, 5.41) is 3.22. The van der Waals surface area contributed by atoms with Crippen LogP contribution in [0.4, 0.5) is 11.4 Å². The van der Waals surface area contributed by atoms with E-state index in [0.717, 1.165) is 32.1 Å². The van der Waals surface area contributed by atoms with Crippen LogP contribution in [0.15, 0.2) is 41.2 Å². The fourth-order valence-electron chi connectivity index (χ4n) is 3.36. The molecule has 0 radical (unpaired) electrons. The first kappa shape index (κ1) is 23.6. The van der Waals surface area contributed by atoms with E-state index in [4.69, 9.17) is 23.2 Å². The van der Waals surface area contributed by atoms with Crippen molar-refractivity contribution in [1.29, 1.82) is 0 Å². The monoisotopic (exact) mass is 501 g/mol. The number of thiazole rings is 1. The van der Waals surface area contributed by atoms with Gasteiger partial charge in [0.2, 0.25) is 15.9 Å². The molecule has 7 nitrogen and oxygen atoms in total. The number of carbonyl (C=O) groups is 1. The molecule has 0 bridgehead atoms. The van der Waals surface area contributed by atoms with Gasteiger partial charge in [0, 0.05) is 17.3 Å². The summed E-state index contributed by atoms with van der Waals surface area (Å²) in [6, 6.07) is 8.53. The summed E-state index contributed by atoms with van der Waals surface area (Å²) in [7, 11) is -3.86. The van der Waals surface area contributed by atoms with E-state index in [2.05, 4.69) is 5.32 Å². The molecule has 0 aliphatic heterocycles. The zero-order chi connectivity index (χ0) is 22.9. The predicted octanol–water partition coefficient (Wildman–Crippen LogP) is 4.57. The Labute approximate surface area is 194 Å². The first-order chi connectivity index (χ1) is 14.6. The van der Waals surface area contributed by atoms with Crippen molar-refractivity contribution in [3.05, 3.63) is 56.1 Å². The molecule has 3 aromatic rings. The van der Waals surface area contributed by atoms with Crippen LogP contribution in [0.3, 0.4) is 0 Å². The third-order valence-electron chi connectivity index (χ3n) is 4.73. The summed E-state index contributed by atoms with van der Waals surface area (Å²) in [4.78, 5) is 25.1. The highest BCUT2D eigenvalue weighted by molar-refractivity contribution is 7.92. The van der Waals surface area contributed by atoms with Gasteiger partial charge >= 0.3 is 4.87 Å². The van der Waals surface area contributed by atoms with Crippen LogP contribution in [0, 0.1) is 0 Å². The molecule has 1 N–H and O–H groups in total. The number of nitrogens with one attached hydrogen (secondary N) is 1. The standard InChI is InChI=1S/C20H21Cl2N3O4S2/c1-4-15(25(31(3,28)29)17-10-12(21)6-8-14(17)22)19(26)23-13-7-9-16-18(11-13)30-20(27)24(16)5-2/h6-11,15H,4-5H2,1-3H3,(H,23,26)/t15-/m0/s1. The summed E-state index contributed by atoms with van der Waals surface area (Å²) in [5.41, 5.74) is 1.38. The summed E-state index contributed by atoms with van der Waals surface area (Å²) in [6.07, 6.45) is 1.21. The van der Waals surface area contributed by atoms with Gasteiger partial charge in [-0.3, -0.25) is 18.5 Å². The number of aryl methyl sites for hydroxylation is 1. The molecule has 3 rings (SSSR count). The fraction of sp³-hybridized carbons (Fsp3) is 0.300. The van der Waals surface area contributed by atoms with Crippen LogP contribution < -0.4 is 14.5 Å². The molecule has 0 fully saturated rings. The van der Waals surface area contributed by atoms with Crippen molar-refractivity contribution in [1.82, 2.24) is 4.57 Å². The van der Waals surface area contributed by atoms with Crippen LogP contribution in [0.5, 0.6) is 0 Å². The summed E-state index contributed by atoms with van der Waals surface area (Å²) < 4.78 is 28.6. The second-order valence-electron chi connectivity index (χ2n) is 6.86. The van der Waals surface area contributed by atoms with Gasteiger partial charge in [-0.25, -0.2) is 8.42 Å². The molecule has 0 spiro atoms. The molecule has 2 aromatic carbocycles. The maximum atomic E-state index is 13.1. The predicted molar refractivity (Wildman–Crippen MR) is 128 cm³/mol. The van der Waals surface area contributed by atoms with E-state index in [1.165, 1.54) is 18.2 Å². The maximum Gasteiger partial charge on any atom is 0.308 e. The molecule has 11 heteroatoms. The van der Waals surface area contributed by atoms with Crippen LogP contribution >= 0.6 is 34.5 Å². The van der Waals surface area contributed by atoms with E-state index in [-0.39, 0.29) is 22.0 Å². The van der Waals surface area contributed by atoms with Crippen LogP contribution in [0.2, 0.25) is 10.0 Å². The van der Waals surface area contributed by atoms with Crippen molar-refractivity contribution in [2.24, 2.45) is 0 Å². The SMILES string of the molecule is CC[C@@H](C(=O)Nc1ccc2c(c1)sc(=O)n2CC)N(c1cc(Cl)ccc1Cl)S(C)(=O)=O. The molecule has 1 amide bonds. The Bertz CT molecular complexity index is 1300. The number of nitrogens with zero attached hydrogens (tertiary/aromatic N) is 2. The van der Waals surface area contributed by atoms with Gasteiger partial charge in [0.1, 0.15) is 6.04 Å². The smallest absolute Gasteiger partial charge is 0.308 e. The molecular weight excluding hydrogens is 481 g/mol. The van der Waals surface area contributed by atoms with Crippen molar-refractivity contribution in [2.75, 3.05) is 15.9 Å². The molecular formula is C20H21Cl2N3O4S2. The normalized spacial score (nSPS) is 12.7. The Morgan fingerprint density at radius 3 is 2.52 bits per heavy atom. The fourth-order valence-corrected chi connectivity index (χ4v) is 5.99. The summed E-state index contributed by atoms with van der Waals surface area (Å²) in [6.45, 7) is 4.14. The summed E-state index contributed by atoms with van der Waals surface area (Å²) >= 11 is 13.4. The molecule has 1 atom stereocenters. The van der Waals surface area contributed by atoms with Crippen molar-refractivity contribution in [3.63, 3.8) is 0 Å². The van der Waals surface area contributed by atoms with Crippen molar-refractivity contribution < 1.29 is 13.2 Å². The molecule has 1 heterocycles. The van der Waals surface area contributed by atoms with Gasteiger partial charge in [0.15, 0.2) is 0 Å². The van der Waals surface area contributed by atoms with Gasteiger partial charge < -0.3 is 5.32 Å². The maximum absolute atomic E-state index is 13.1. The van der Waals surface area contributed by atoms with E-state index in [1.807, 2.05) is 6.92 Å². The number of anilines is 2. The average Bonchev–Trinajstić information content (AvgIpc) is 3.01. The molecule has 1 aromatic heterocycles. The lowest BCUT2D eigenvalue weighted by molar-refractivity contribution is -0.117. The highest BCUT2D eigenvalue weighted by atomic mass is 35.5. The third kappa shape index (κ3) is 4.90. The lowest BCUT2D eigenvalue weighted by Crippen LogP contribution is -2.47. The molecule has 31 heavy (non-hydrogen) atoms. The third-order valence-corrected chi connectivity index (χ3v) is 7.39. The van der Waals surface area contributed by atoms with E-state index in [1.54, 1.807) is 29.7 Å². The second-order valence-corrected chi connectivity index (χ2v) is 10.6. The minimum atomic E-state index is -3.86. The number of rotatable bonds is 7. The number of benzene rings is 2. The van der Waals surface area contributed by atoms with Gasteiger partial charge in [0.05, 0.1) is 27.2 Å². The molecule has 0 saturated heterocycles. The zero-order valence-electron chi connectivity index (χ0n) is 17.1. The Morgan fingerprint density at radius 1 is 1.19 bits per heavy atom. The minimum absolute atomic E-state index is 0.0775. The van der Waals surface area contributed by atoms with Crippen LogP contribution in [0.1, 0.15) is 20.3 Å². The van der Waals surface area contributed by atoms with Gasteiger partial charge in [-0.15, -0.1) is 0 Å². The second kappa shape index (κ2) is 9.20. The van der Waals surface area contributed by atoms with E-state index in [0.29, 0.717) is 17.3 Å². The number of sulfonamides is 1. The van der Waals surface area contributed by atoms with Gasteiger partial charge in [-0.05, 0) is 49.7 Å². The number of halogens is 2. The lowest BCUT2D eigenvalue weighted by atomic mass is 10.1. The molecule has 0 saturated carbocycles. The van der Waals surface area contributed by atoms with E-state index < -0.39 is 22.0 Å². The molecule has 0 aliphatic carbocycles. The van der Waals surface area contributed by atoms with Crippen molar-refractivity contribution >= 4 is 72.1 Å². The first-order valence-corrected chi connectivity index (χ1v) is 12.9. The summed E-state index contributed by atoms with van der Waals surface area (Å²) in [5.74, 6) is -0.523. The topological polar surface area (TPSA) is 88.5 Å². The number of hydrogen-bond donors (Lipinski definition) is 1. The van der Waals surface area contributed by atoms with Crippen molar-refractivity contribution in [3.8, 4) is 0 Å². The first-order valence-electron chi connectivity index (χ1n) is 9.45. The highest BCUT2D eigenvalue weighted by Crippen LogP contribution is 2.33. The molecule has 0 unspecified atom stereocenters. The number of amides is 1. The van der Waals surface area contributed by atoms with Crippen molar-refractivity contribution in [2.45, 2.75) is 32.9 Å². The molecule has 166 valence electrons. The van der Waals surface area contributed by atoms with Gasteiger partial charge in [-0.2, -0.15) is 0 Å². The van der Waals surface area contributed by atoms with Gasteiger partial charge in [0.25, 0.3) is 0 Å². The number of hydrogen-bond acceptors (Lipinski definition) is 5. The van der Waals surface area contributed by atoms with Crippen LogP contribution in [0.25, 0.3) is 10.2 Å². The van der Waals surface area contributed by atoms with Gasteiger partial charge in [-0.1, -0.05) is 41.5 Å². The number of fused-ring (bicyclic) bond motifs is 1. The quantitative estimate of drug-likeness (QED) is 0.513. The Balaban J connectivity index is 1.98. The zero-order valence-corrected chi connectivity index (χ0v) is 20.2. The average molecular weight is 502 g/mol. The number of aromatic nitrogens is 1. The van der Waals surface area contributed by atoms with E-state index in [9.17, 15) is 18.0 Å². The van der Waals surface area contributed by atoms with Crippen LogP contribution in [-0.4, -0.2) is 31.2 Å². The molecule has 0 aliphatic rings. The number of carbonyl (C=O) groups excluding carboxylic acids is 1. The lowest BCUT2D eigenvalue weighted by Gasteiger charge is -2.30. The van der Waals surface area contributed by atoms with E-state index >= 15 is 0 Å².